The number of Topliss-reactive ketones (excluding diaryl/α,β-unsaturated/α-hetero) is 1. The van der Waals surface area contributed by atoms with Gasteiger partial charge < -0.3 is 5.32 Å². The van der Waals surface area contributed by atoms with Crippen LogP contribution in [0.3, 0.4) is 0 Å². The summed E-state index contributed by atoms with van der Waals surface area (Å²) in [6.07, 6.45) is 4.02. The highest BCUT2D eigenvalue weighted by atomic mass is 16.2. The van der Waals surface area contributed by atoms with Crippen molar-refractivity contribution in [3.05, 3.63) is 29.8 Å². The van der Waals surface area contributed by atoms with Crippen molar-refractivity contribution in [3.63, 3.8) is 0 Å². The molecule has 21 heavy (non-hydrogen) atoms. The van der Waals surface area contributed by atoms with E-state index in [9.17, 15) is 9.59 Å². The molecule has 0 spiro atoms. The van der Waals surface area contributed by atoms with Crippen molar-refractivity contribution < 1.29 is 9.59 Å². The molecule has 0 saturated carbocycles. The third-order valence-corrected chi connectivity index (χ3v) is 4.10. The number of amides is 1. The Morgan fingerprint density at radius 2 is 1.86 bits per heavy atom. The molecule has 0 heterocycles. The van der Waals surface area contributed by atoms with E-state index in [0.717, 1.165) is 25.7 Å². The molecule has 1 aromatic rings. The number of ketones is 1. The van der Waals surface area contributed by atoms with E-state index in [1.807, 2.05) is 12.1 Å². The Hall–Kier alpha value is -1.64. The van der Waals surface area contributed by atoms with Gasteiger partial charge >= 0.3 is 0 Å². The predicted octanol–water partition coefficient (Wildman–Crippen LogP) is 4.68. The van der Waals surface area contributed by atoms with Crippen LogP contribution in [-0.2, 0) is 4.79 Å². The Labute approximate surface area is 128 Å². The molecule has 0 bridgehead atoms. The van der Waals surface area contributed by atoms with Crippen molar-refractivity contribution in [1.29, 1.82) is 0 Å². The summed E-state index contributed by atoms with van der Waals surface area (Å²) in [4.78, 5) is 24.2. The van der Waals surface area contributed by atoms with Crippen LogP contribution in [0.2, 0.25) is 0 Å². The first-order valence-electron chi connectivity index (χ1n) is 7.92. The molecule has 0 fully saturated rings. The topological polar surface area (TPSA) is 46.2 Å². The summed E-state index contributed by atoms with van der Waals surface area (Å²) in [6.45, 7) is 7.89. The summed E-state index contributed by atoms with van der Waals surface area (Å²) in [7, 11) is 0. The van der Waals surface area contributed by atoms with Crippen molar-refractivity contribution in [2.75, 3.05) is 5.32 Å². The third kappa shape index (κ3) is 5.00. The second-order valence-corrected chi connectivity index (χ2v) is 5.73. The van der Waals surface area contributed by atoms with Gasteiger partial charge in [0.2, 0.25) is 5.91 Å². The zero-order valence-electron chi connectivity index (χ0n) is 13.6. The molecular formula is C18H27NO2. The van der Waals surface area contributed by atoms with E-state index >= 15 is 0 Å². The van der Waals surface area contributed by atoms with Crippen LogP contribution < -0.4 is 5.32 Å². The maximum Gasteiger partial charge on any atom is 0.227 e. The Bertz CT molecular complexity index is 482. The molecule has 116 valence electrons. The summed E-state index contributed by atoms with van der Waals surface area (Å²) in [5.41, 5.74) is 1.20. The van der Waals surface area contributed by atoms with E-state index in [1.54, 1.807) is 12.1 Å². The summed E-state index contributed by atoms with van der Waals surface area (Å²) >= 11 is 0. The summed E-state index contributed by atoms with van der Waals surface area (Å²) in [6, 6.07) is 7.20. The van der Waals surface area contributed by atoms with Gasteiger partial charge in [0.15, 0.2) is 5.78 Å². The lowest BCUT2D eigenvalue weighted by atomic mass is 9.86. The SMILES string of the molecule is CCCC[C@@H](C(=O)Nc1ccccc1C(C)=O)[C@H](C)CC. The van der Waals surface area contributed by atoms with Gasteiger partial charge in [0.1, 0.15) is 0 Å². The lowest BCUT2D eigenvalue weighted by Crippen LogP contribution is -2.28. The highest BCUT2D eigenvalue weighted by molar-refractivity contribution is 6.04. The second-order valence-electron chi connectivity index (χ2n) is 5.73. The molecule has 1 aromatic carbocycles. The molecule has 0 aromatic heterocycles. The minimum Gasteiger partial charge on any atom is -0.325 e. The maximum absolute atomic E-state index is 12.6. The van der Waals surface area contributed by atoms with Crippen LogP contribution in [0, 0.1) is 11.8 Å². The Balaban J connectivity index is 2.88. The standard InChI is InChI=1S/C18H27NO2/c1-5-7-10-15(13(3)6-2)18(21)19-17-12-9-8-11-16(17)14(4)20/h8-9,11-13,15H,5-7,10H2,1-4H3,(H,19,21)/t13-,15-/m1/s1. The van der Waals surface area contributed by atoms with E-state index in [1.165, 1.54) is 6.92 Å². The molecule has 1 N–H and O–H groups in total. The predicted molar refractivity (Wildman–Crippen MR) is 87.5 cm³/mol. The minimum absolute atomic E-state index is 0.00923. The number of hydrogen-bond donors (Lipinski definition) is 1. The molecule has 0 aliphatic rings. The van der Waals surface area contributed by atoms with E-state index in [0.29, 0.717) is 17.2 Å². The molecule has 0 unspecified atom stereocenters. The maximum atomic E-state index is 12.6. The van der Waals surface area contributed by atoms with Crippen molar-refractivity contribution in [1.82, 2.24) is 0 Å². The number of anilines is 1. The number of nitrogens with one attached hydrogen (secondary N) is 1. The number of para-hydroxylation sites is 1. The van der Waals surface area contributed by atoms with E-state index in [-0.39, 0.29) is 17.6 Å². The highest BCUT2D eigenvalue weighted by Crippen LogP contribution is 2.24. The normalized spacial score (nSPS) is 13.5. The molecule has 1 amide bonds. The Kier molecular flexibility index (Phi) is 7.13. The zero-order chi connectivity index (χ0) is 15.8. The molecule has 0 radical (unpaired) electrons. The average molecular weight is 289 g/mol. The zero-order valence-corrected chi connectivity index (χ0v) is 13.6. The van der Waals surface area contributed by atoms with Gasteiger partial charge in [-0.05, 0) is 31.4 Å². The monoisotopic (exact) mass is 289 g/mol. The second kappa shape index (κ2) is 8.60. The molecule has 3 heteroatoms. The highest BCUT2D eigenvalue weighted by Gasteiger charge is 2.24. The number of carbonyl (C=O) groups is 2. The van der Waals surface area contributed by atoms with Gasteiger partial charge in [-0.15, -0.1) is 0 Å². The summed E-state index contributed by atoms with van der Waals surface area (Å²) < 4.78 is 0. The van der Waals surface area contributed by atoms with Gasteiger partial charge in [0.05, 0.1) is 5.69 Å². The van der Waals surface area contributed by atoms with Crippen LogP contribution in [0.5, 0.6) is 0 Å². The van der Waals surface area contributed by atoms with Crippen LogP contribution in [0.1, 0.15) is 63.7 Å². The fourth-order valence-corrected chi connectivity index (χ4v) is 2.51. The van der Waals surface area contributed by atoms with Crippen LogP contribution in [-0.4, -0.2) is 11.7 Å². The number of unbranched alkanes of at least 4 members (excludes halogenated alkanes) is 1. The average Bonchev–Trinajstić information content (AvgIpc) is 2.47. The quantitative estimate of drug-likeness (QED) is 0.706. The first-order chi connectivity index (χ1) is 10.0. The Morgan fingerprint density at radius 3 is 2.43 bits per heavy atom. The fourth-order valence-electron chi connectivity index (χ4n) is 2.51. The van der Waals surface area contributed by atoms with E-state index in [2.05, 4.69) is 26.1 Å². The van der Waals surface area contributed by atoms with Crippen molar-refractivity contribution in [2.45, 2.75) is 53.4 Å². The first kappa shape index (κ1) is 17.4. The third-order valence-electron chi connectivity index (χ3n) is 4.10. The lowest BCUT2D eigenvalue weighted by Gasteiger charge is -2.22. The Morgan fingerprint density at radius 1 is 1.19 bits per heavy atom. The molecule has 0 aliphatic carbocycles. The smallest absolute Gasteiger partial charge is 0.227 e. The van der Waals surface area contributed by atoms with Crippen LogP contribution in [0.4, 0.5) is 5.69 Å². The van der Waals surface area contributed by atoms with Gasteiger partial charge in [-0.2, -0.15) is 0 Å². The first-order valence-corrected chi connectivity index (χ1v) is 7.92. The molecule has 2 atom stereocenters. The fraction of sp³-hybridized carbons (Fsp3) is 0.556. The number of hydrogen-bond acceptors (Lipinski definition) is 2. The molecule has 1 rings (SSSR count). The molecule has 0 saturated heterocycles. The van der Waals surface area contributed by atoms with Gasteiger partial charge in [0.25, 0.3) is 0 Å². The van der Waals surface area contributed by atoms with Crippen LogP contribution in [0.15, 0.2) is 24.3 Å². The van der Waals surface area contributed by atoms with Crippen LogP contribution >= 0.6 is 0 Å². The molecule has 3 nitrogen and oxygen atoms in total. The van der Waals surface area contributed by atoms with Gasteiger partial charge in [-0.25, -0.2) is 0 Å². The van der Waals surface area contributed by atoms with Crippen LogP contribution in [0.25, 0.3) is 0 Å². The van der Waals surface area contributed by atoms with Crippen molar-refractivity contribution >= 4 is 17.4 Å². The van der Waals surface area contributed by atoms with Crippen molar-refractivity contribution in [2.24, 2.45) is 11.8 Å². The van der Waals surface area contributed by atoms with E-state index < -0.39 is 0 Å². The van der Waals surface area contributed by atoms with E-state index in [4.69, 9.17) is 0 Å². The lowest BCUT2D eigenvalue weighted by molar-refractivity contribution is -0.121. The number of carbonyl (C=O) groups excluding carboxylic acids is 2. The minimum atomic E-state index is -0.0282. The molecular weight excluding hydrogens is 262 g/mol. The largest absolute Gasteiger partial charge is 0.325 e. The summed E-state index contributed by atoms with van der Waals surface area (Å²) in [5.74, 6) is 0.363. The number of benzene rings is 1. The number of rotatable bonds is 8. The van der Waals surface area contributed by atoms with Gasteiger partial charge in [-0.1, -0.05) is 52.2 Å². The van der Waals surface area contributed by atoms with Gasteiger partial charge in [-0.3, -0.25) is 9.59 Å². The van der Waals surface area contributed by atoms with Gasteiger partial charge in [0, 0.05) is 11.5 Å². The van der Waals surface area contributed by atoms with Crippen molar-refractivity contribution in [3.8, 4) is 0 Å². The summed E-state index contributed by atoms with van der Waals surface area (Å²) in [5, 5.41) is 2.96. The molecule has 0 aliphatic heterocycles.